The topological polar surface area (TPSA) is 101 Å². The zero-order chi connectivity index (χ0) is 20.4. The lowest BCUT2D eigenvalue weighted by Gasteiger charge is -2.35. The number of nitro benzene ring substituents is 1. The van der Waals surface area contributed by atoms with Crippen LogP contribution in [0.2, 0.25) is 0 Å². The Hall–Kier alpha value is -3.20. The molecule has 0 spiro atoms. The van der Waals surface area contributed by atoms with Gasteiger partial charge in [0.05, 0.1) is 46.0 Å². The SMILES string of the molecule is Cn1c(=O)c2c(-c3cccc([N+](=O)[O-])c3)n3c(c2n(C)c1=O)COCC3(C)C. The summed E-state index contributed by atoms with van der Waals surface area (Å²) in [5.74, 6) is 0. The summed E-state index contributed by atoms with van der Waals surface area (Å²) in [5.41, 5.74) is 0.903. The molecule has 0 N–H and O–H groups in total. The van der Waals surface area contributed by atoms with Gasteiger partial charge in [0.2, 0.25) is 0 Å². The van der Waals surface area contributed by atoms with Gasteiger partial charge in [0.1, 0.15) is 0 Å². The molecule has 9 nitrogen and oxygen atoms in total. The Morgan fingerprint density at radius 3 is 2.57 bits per heavy atom. The van der Waals surface area contributed by atoms with E-state index in [4.69, 9.17) is 4.74 Å². The number of rotatable bonds is 2. The van der Waals surface area contributed by atoms with E-state index in [2.05, 4.69) is 0 Å². The van der Waals surface area contributed by atoms with Gasteiger partial charge in [0.15, 0.2) is 0 Å². The molecule has 0 saturated carbocycles. The highest BCUT2D eigenvalue weighted by atomic mass is 16.6. The first-order chi connectivity index (χ1) is 13.1. The summed E-state index contributed by atoms with van der Waals surface area (Å²) in [7, 11) is 3.05. The van der Waals surface area contributed by atoms with Crippen molar-refractivity contribution in [3.63, 3.8) is 0 Å². The zero-order valence-electron chi connectivity index (χ0n) is 16.1. The summed E-state index contributed by atoms with van der Waals surface area (Å²) < 4.78 is 10.2. The van der Waals surface area contributed by atoms with Gasteiger partial charge in [-0.15, -0.1) is 0 Å². The third-order valence-electron chi connectivity index (χ3n) is 5.30. The van der Waals surface area contributed by atoms with Crippen molar-refractivity contribution < 1.29 is 9.66 Å². The van der Waals surface area contributed by atoms with E-state index in [1.165, 1.54) is 23.7 Å². The van der Waals surface area contributed by atoms with Crippen molar-refractivity contribution in [3.05, 3.63) is 60.9 Å². The highest BCUT2D eigenvalue weighted by molar-refractivity contribution is 5.96. The maximum atomic E-state index is 13.1. The Balaban J connectivity index is 2.26. The van der Waals surface area contributed by atoms with Crippen LogP contribution in [0.25, 0.3) is 22.2 Å². The number of fused-ring (bicyclic) bond motifs is 3. The van der Waals surface area contributed by atoms with E-state index in [1.54, 1.807) is 19.2 Å². The van der Waals surface area contributed by atoms with E-state index in [1.807, 2.05) is 18.4 Å². The number of non-ortho nitro benzene ring substituents is 1. The van der Waals surface area contributed by atoms with E-state index < -0.39 is 21.7 Å². The lowest BCUT2D eigenvalue weighted by Crippen LogP contribution is -2.38. The molecule has 1 aromatic carbocycles. The van der Waals surface area contributed by atoms with Crippen LogP contribution in [0.5, 0.6) is 0 Å². The van der Waals surface area contributed by atoms with Gasteiger partial charge in [-0.2, -0.15) is 0 Å². The van der Waals surface area contributed by atoms with E-state index in [0.717, 1.165) is 4.57 Å². The number of aryl methyl sites for hydroxylation is 1. The number of nitrogens with zero attached hydrogens (tertiary/aromatic N) is 4. The van der Waals surface area contributed by atoms with Crippen LogP contribution in [0.15, 0.2) is 33.9 Å². The van der Waals surface area contributed by atoms with Crippen LogP contribution in [0, 0.1) is 10.1 Å². The average molecular weight is 384 g/mol. The molecule has 1 aliphatic heterocycles. The van der Waals surface area contributed by atoms with Gasteiger partial charge in [-0.05, 0) is 13.8 Å². The molecule has 0 amide bonds. The number of nitro groups is 1. The molecule has 28 heavy (non-hydrogen) atoms. The fourth-order valence-corrected chi connectivity index (χ4v) is 4.05. The summed E-state index contributed by atoms with van der Waals surface area (Å²) >= 11 is 0. The Bertz CT molecular complexity index is 1260. The lowest BCUT2D eigenvalue weighted by molar-refractivity contribution is -0.384. The van der Waals surface area contributed by atoms with E-state index >= 15 is 0 Å². The predicted molar refractivity (Wildman–Crippen MR) is 103 cm³/mol. The molecular formula is C19H20N4O5. The average Bonchev–Trinajstić information content (AvgIpc) is 3.01. The molecule has 9 heteroatoms. The summed E-state index contributed by atoms with van der Waals surface area (Å²) in [6.45, 7) is 4.60. The van der Waals surface area contributed by atoms with Gasteiger partial charge in [-0.3, -0.25) is 24.0 Å². The molecule has 0 bridgehead atoms. The van der Waals surface area contributed by atoms with Crippen molar-refractivity contribution in [1.29, 1.82) is 0 Å². The van der Waals surface area contributed by atoms with E-state index in [9.17, 15) is 19.7 Å². The molecule has 0 unspecified atom stereocenters. The zero-order valence-corrected chi connectivity index (χ0v) is 16.1. The summed E-state index contributed by atoms with van der Waals surface area (Å²) in [4.78, 5) is 36.5. The Morgan fingerprint density at radius 1 is 1.18 bits per heavy atom. The van der Waals surface area contributed by atoms with Crippen LogP contribution in [0.4, 0.5) is 5.69 Å². The first-order valence-electron chi connectivity index (χ1n) is 8.81. The predicted octanol–water partition coefficient (Wildman–Crippen LogP) is 1.88. The first-order valence-corrected chi connectivity index (χ1v) is 8.81. The molecule has 0 aliphatic carbocycles. The van der Waals surface area contributed by atoms with Gasteiger partial charge in [-0.25, -0.2) is 4.79 Å². The van der Waals surface area contributed by atoms with E-state index in [0.29, 0.717) is 34.5 Å². The van der Waals surface area contributed by atoms with E-state index in [-0.39, 0.29) is 12.3 Å². The fraction of sp³-hybridized carbons (Fsp3) is 0.368. The van der Waals surface area contributed by atoms with Crippen LogP contribution in [0.3, 0.4) is 0 Å². The van der Waals surface area contributed by atoms with Crippen LogP contribution in [-0.2, 0) is 31.0 Å². The largest absolute Gasteiger partial charge is 0.373 e. The Labute approximate surface area is 159 Å². The molecule has 4 rings (SSSR count). The van der Waals surface area contributed by atoms with Gasteiger partial charge >= 0.3 is 5.69 Å². The van der Waals surface area contributed by atoms with Gasteiger partial charge in [-0.1, -0.05) is 12.1 Å². The maximum absolute atomic E-state index is 13.1. The van der Waals surface area contributed by atoms with Crippen LogP contribution in [-0.4, -0.2) is 25.2 Å². The minimum absolute atomic E-state index is 0.0623. The molecular weight excluding hydrogens is 364 g/mol. The van der Waals surface area contributed by atoms with Crippen LogP contribution in [0.1, 0.15) is 19.5 Å². The smallest absolute Gasteiger partial charge is 0.331 e. The van der Waals surface area contributed by atoms with Crippen molar-refractivity contribution in [3.8, 4) is 11.3 Å². The van der Waals surface area contributed by atoms with Crippen molar-refractivity contribution >= 4 is 16.6 Å². The third-order valence-corrected chi connectivity index (χ3v) is 5.30. The Morgan fingerprint density at radius 2 is 1.89 bits per heavy atom. The van der Waals surface area contributed by atoms with Crippen molar-refractivity contribution in [2.75, 3.05) is 6.61 Å². The molecule has 146 valence electrons. The fourth-order valence-electron chi connectivity index (χ4n) is 4.05. The molecule has 1 aliphatic rings. The monoisotopic (exact) mass is 384 g/mol. The van der Waals surface area contributed by atoms with Gasteiger partial charge in [0, 0.05) is 31.8 Å². The van der Waals surface area contributed by atoms with Gasteiger partial charge in [0.25, 0.3) is 11.2 Å². The second kappa shape index (κ2) is 5.90. The van der Waals surface area contributed by atoms with Crippen molar-refractivity contribution in [1.82, 2.24) is 13.7 Å². The second-order valence-electron chi connectivity index (χ2n) is 7.67. The summed E-state index contributed by atoms with van der Waals surface area (Å²) in [6.07, 6.45) is 0. The quantitative estimate of drug-likeness (QED) is 0.496. The van der Waals surface area contributed by atoms with Crippen molar-refractivity contribution in [2.45, 2.75) is 26.0 Å². The van der Waals surface area contributed by atoms with Gasteiger partial charge < -0.3 is 9.30 Å². The Kier molecular flexibility index (Phi) is 3.83. The standard InChI is InChI=1S/C19H20N4O5/c1-19(2)10-28-9-13-16-14(17(24)21(4)18(25)20(16)3)15(22(13)19)11-6-5-7-12(8-11)23(26)27/h5-8H,9-10H2,1-4H3. The maximum Gasteiger partial charge on any atom is 0.331 e. The molecule has 3 heterocycles. The highest BCUT2D eigenvalue weighted by Crippen LogP contribution is 2.39. The number of hydrogen-bond donors (Lipinski definition) is 0. The summed E-state index contributed by atoms with van der Waals surface area (Å²) in [6, 6.07) is 6.20. The third kappa shape index (κ3) is 2.36. The molecule has 2 aromatic heterocycles. The van der Waals surface area contributed by atoms with Crippen molar-refractivity contribution in [2.24, 2.45) is 14.1 Å². The molecule has 0 fully saturated rings. The first kappa shape index (κ1) is 18.2. The second-order valence-corrected chi connectivity index (χ2v) is 7.67. The molecule has 3 aromatic rings. The molecule has 0 atom stereocenters. The molecule has 0 saturated heterocycles. The number of hydrogen-bond acceptors (Lipinski definition) is 5. The normalized spacial score (nSPS) is 15.6. The number of benzene rings is 1. The number of aromatic nitrogens is 3. The van der Waals surface area contributed by atoms with Crippen LogP contribution < -0.4 is 11.2 Å². The summed E-state index contributed by atoms with van der Waals surface area (Å²) in [5, 5.41) is 11.6. The molecule has 0 radical (unpaired) electrons. The number of ether oxygens (including phenoxy) is 1. The minimum atomic E-state index is -0.506. The highest BCUT2D eigenvalue weighted by Gasteiger charge is 2.35. The lowest BCUT2D eigenvalue weighted by atomic mass is 10.0. The minimum Gasteiger partial charge on any atom is -0.373 e. The van der Waals surface area contributed by atoms with Crippen LogP contribution >= 0.6 is 0 Å².